The SMILES string of the molecule is Cc1cccc(C(=O)Nc2cncc(Oc3cccnc3)c2)c1. The number of nitrogens with one attached hydrogen (secondary N) is 1. The third-order valence-corrected chi connectivity index (χ3v) is 3.12. The molecule has 3 rings (SSSR count). The molecule has 0 aliphatic carbocycles. The molecule has 0 atom stereocenters. The average molecular weight is 305 g/mol. The summed E-state index contributed by atoms with van der Waals surface area (Å²) in [7, 11) is 0. The lowest BCUT2D eigenvalue weighted by Gasteiger charge is -2.08. The number of aromatic nitrogens is 2. The number of nitrogens with zero attached hydrogens (tertiary/aromatic N) is 2. The Bertz CT molecular complexity index is 819. The third kappa shape index (κ3) is 3.91. The molecule has 0 aliphatic rings. The summed E-state index contributed by atoms with van der Waals surface area (Å²) in [5.74, 6) is 0.950. The summed E-state index contributed by atoms with van der Waals surface area (Å²) in [4.78, 5) is 20.3. The van der Waals surface area contributed by atoms with Crippen molar-refractivity contribution in [2.45, 2.75) is 6.92 Å². The zero-order valence-electron chi connectivity index (χ0n) is 12.6. The van der Waals surface area contributed by atoms with Crippen molar-refractivity contribution in [3.63, 3.8) is 0 Å². The van der Waals surface area contributed by atoms with Crippen molar-refractivity contribution in [2.75, 3.05) is 5.32 Å². The van der Waals surface area contributed by atoms with Crippen LogP contribution in [0.5, 0.6) is 11.5 Å². The van der Waals surface area contributed by atoms with E-state index in [0.29, 0.717) is 22.7 Å². The van der Waals surface area contributed by atoms with Gasteiger partial charge in [-0.1, -0.05) is 17.7 Å². The van der Waals surface area contributed by atoms with Gasteiger partial charge in [-0.2, -0.15) is 0 Å². The molecule has 1 aromatic carbocycles. The lowest BCUT2D eigenvalue weighted by Crippen LogP contribution is -2.12. The van der Waals surface area contributed by atoms with Crippen molar-refractivity contribution < 1.29 is 9.53 Å². The second kappa shape index (κ2) is 6.70. The number of pyridine rings is 2. The van der Waals surface area contributed by atoms with E-state index in [1.807, 2.05) is 25.1 Å². The zero-order chi connectivity index (χ0) is 16.1. The zero-order valence-corrected chi connectivity index (χ0v) is 12.6. The first-order valence-electron chi connectivity index (χ1n) is 7.12. The summed E-state index contributed by atoms with van der Waals surface area (Å²) in [6, 6.07) is 12.7. The van der Waals surface area contributed by atoms with Gasteiger partial charge >= 0.3 is 0 Å². The number of benzene rings is 1. The molecule has 5 nitrogen and oxygen atoms in total. The molecule has 23 heavy (non-hydrogen) atoms. The van der Waals surface area contributed by atoms with Gasteiger partial charge in [0.1, 0.15) is 11.5 Å². The fourth-order valence-electron chi connectivity index (χ4n) is 2.08. The Hall–Kier alpha value is -3.21. The van der Waals surface area contributed by atoms with Crippen LogP contribution in [0, 0.1) is 6.92 Å². The van der Waals surface area contributed by atoms with Crippen molar-refractivity contribution in [1.29, 1.82) is 0 Å². The van der Waals surface area contributed by atoms with Crippen molar-refractivity contribution in [3.8, 4) is 11.5 Å². The Labute approximate surface area is 134 Å². The molecule has 0 radical (unpaired) electrons. The van der Waals surface area contributed by atoms with Gasteiger partial charge < -0.3 is 10.1 Å². The summed E-state index contributed by atoms with van der Waals surface area (Å²) in [5.41, 5.74) is 2.20. The van der Waals surface area contributed by atoms with Gasteiger partial charge in [-0.3, -0.25) is 14.8 Å². The topological polar surface area (TPSA) is 64.1 Å². The molecule has 1 N–H and O–H groups in total. The summed E-state index contributed by atoms with van der Waals surface area (Å²) < 4.78 is 5.65. The highest BCUT2D eigenvalue weighted by Gasteiger charge is 2.07. The number of rotatable bonds is 4. The summed E-state index contributed by atoms with van der Waals surface area (Å²) in [5, 5.41) is 2.81. The van der Waals surface area contributed by atoms with Crippen LogP contribution in [-0.2, 0) is 0 Å². The lowest BCUT2D eigenvalue weighted by molar-refractivity contribution is 0.102. The predicted octanol–water partition coefficient (Wildman–Crippen LogP) is 3.83. The molecule has 0 spiro atoms. The highest BCUT2D eigenvalue weighted by molar-refractivity contribution is 6.04. The van der Waals surface area contributed by atoms with E-state index in [9.17, 15) is 4.79 Å². The smallest absolute Gasteiger partial charge is 0.255 e. The first kappa shape index (κ1) is 14.7. The van der Waals surface area contributed by atoms with Crippen molar-refractivity contribution in [1.82, 2.24) is 9.97 Å². The third-order valence-electron chi connectivity index (χ3n) is 3.12. The van der Waals surface area contributed by atoms with Crippen LogP contribution in [0.3, 0.4) is 0 Å². The van der Waals surface area contributed by atoms with Crippen LogP contribution >= 0.6 is 0 Å². The van der Waals surface area contributed by atoms with E-state index in [4.69, 9.17) is 4.74 Å². The molecular formula is C18H15N3O2. The van der Waals surface area contributed by atoms with E-state index in [1.54, 1.807) is 49.1 Å². The van der Waals surface area contributed by atoms with Crippen molar-refractivity contribution >= 4 is 11.6 Å². The Morgan fingerprint density at radius 3 is 2.65 bits per heavy atom. The molecule has 2 heterocycles. The number of anilines is 1. The average Bonchev–Trinajstić information content (AvgIpc) is 2.56. The molecule has 0 bridgehead atoms. The fourth-order valence-corrected chi connectivity index (χ4v) is 2.08. The summed E-state index contributed by atoms with van der Waals surface area (Å²) in [6.45, 7) is 1.95. The van der Waals surface area contributed by atoms with Crippen molar-refractivity contribution in [2.24, 2.45) is 0 Å². The van der Waals surface area contributed by atoms with E-state index in [-0.39, 0.29) is 5.91 Å². The summed E-state index contributed by atoms with van der Waals surface area (Å²) >= 11 is 0. The van der Waals surface area contributed by atoms with Crippen LogP contribution in [0.1, 0.15) is 15.9 Å². The quantitative estimate of drug-likeness (QED) is 0.795. The van der Waals surface area contributed by atoms with Crippen LogP contribution < -0.4 is 10.1 Å². The van der Waals surface area contributed by atoms with Gasteiger partial charge in [0.25, 0.3) is 5.91 Å². The van der Waals surface area contributed by atoms with E-state index in [1.165, 1.54) is 0 Å². The van der Waals surface area contributed by atoms with Gasteiger partial charge in [0.15, 0.2) is 0 Å². The van der Waals surface area contributed by atoms with Crippen LogP contribution in [0.2, 0.25) is 0 Å². The predicted molar refractivity (Wildman–Crippen MR) is 87.7 cm³/mol. The van der Waals surface area contributed by atoms with E-state index in [0.717, 1.165) is 5.56 Å². The van der Waals surface area contributed by atoms with Crippen LogP contribution in [0.15, 0.2) is 67.3 Å². The molecular weight excluding hydrogens is 290 g/mol. The number of aryl methyl sites for hydroxylation is 1. The van der Waals surface area contributed by atoms with E-state index in [2.05, 4.69) is 15.3 Å². The van der Waals surface area contributed by atoms with Crippen LogP contribution in [0.25, 0.3) is 0 Å². The van der Waals surface area contributed by atoms with Crippen LogP contribution in [0.4, 0.5) is 5.69 Å². The molecule has 0 unspecified atom stereocenters. The van der Waals surface area contributed by atoms with Gasteiger partial charge in [-0.05, 0) is 31.2 Å². The van der Waals surface area contributed by atoms with E-state index < -0.39 is 0 Å². The maximum absolute atomic E-state index is 12.2. The largest absolute Gasteiger partial charge is 0.454 e. The van der Waals surface area contributed by atoms with Crippen molar-refractivity contribution in [3.05, 3.63) is 78.4 Å². The summed E-state index contributed by atoms with van der Waals surface area (Å²) in [6.07, 6.45) is 6.43. The number of carbonyl (C=O) groups is 1. The number of carbonyl (C=O) groups excluding carboxylic acids is 1. The maximum Gasteiger partial charge on any atom is 0.255 e. The number of ether oxygens (including phenoxy) is 1. The minimum atomic E-state index is -0.186. The molecule has 5 heteroatoms. The molecule has 0 aliphatic heterocycles. The minimum absolute atomic E-state index is 0.186. The maximum atomic E-state index is 12.2. The number of amides is 1. The van der Waals surface area contributed by atoms with Gasteiger partial charge in [0, 0.05) is 17.8 Å². The second-order valence-electron chi connectivity index (χ2n) is 5.02. The molecule has 114 valence electrons. The normalized spacial score (nSPS) is 10.1. The van der Waals surface area contributed by atoms with Gasteiger partial charge in [0.05, 0.1) is 24.3 Å². The second-order valence-corrected chi connectivity index (χ2v) is 5.02. The Balaban J connectivity index is 1.74. The lowest BCUT2D eigenvalue weighted by atomic mass is 10.1. The van der Waals surface area contributed by atoms with Gasteiger partial charge in [0.2, 0.25) is 0 Å². The highest BCUT2D eigenvalue weighted by atomic mass is 16.5. The van der Waals surface area contributed by atoms with Gasteiger partial charge in [-0.15, -0.1) is 0 Å². The molecule has 2 aromatic heterocycles. The minimum Gasteiger partial charge on any atom is -0.454 e. The molecule has 0 saturated heterocycles. The Morgan fingerprint density at radius 2 is 1.87 bits per heavy atom. The Morgan fingerprint density at radius 1 is 1.00 bits per heavy atom. The monoisotopic (exact) mass is 305 g/mol. The van der Waals surface area contributed by atoms with E-state index >= 15 is 0 Å². The first-order chi connectivity index (χ1) is 11.2. The van der Waals surface area contributed by atoms with Crippen LogP contribution in [-0.4, -0.2) is 15.9 Å². The molecule has 0 saturated carbocycles. The molecule has 1 amide bonds. The highest BCUT2D eigenvalue weighted by Crippen LogP contribution is 2.22. The number of hydrogen-bond acceptors (Lipinski definition) is 4. The Kier molecular flexibility index (Phi) is 4.29. The standard InChI is InChI=1S/C18H15N3O2/c1-13-4-2-5-14(8-13)18(22)21-15-9-17(12-20-10-15)23-16-6-3-7-19-11-16/h2-12H,1H3,(H,21,22). The number of hydrogen-bond donors (Lipinski definition) is 1. The molecule has 0 fully saturated rings. The first-order valence-corrected chi connectivity index (χ1v) is 7.12. The van der Waals surface area contributed by atoms with Gasteiger partial charge in [-0.25, -0.2) is 0 Å². The fraction of sp³-hybridized carbons (Fsp3) is 0.0556. The molecule has 3 aromatic rings.